The second kappa shape index (κ2) is 6.62. The minimum atomic E-state index is 0.292. The number of rotatable bonds is 3. The number of hydrogen-bond acceptors (Lipinski definition) is 4. The molecule has 2 unspecified atom stereocenters. The van der Waals surface area contributed by atoms with Crippen LogP contribution in [-0.2, 0) is 4.74 Å². The van der Waals surface area contributed by atoms with Gasteiger partial charge in [-0.1, -0.05) is 36.8 Å². The van der Waals surface area contributed by atoms with Gasteiger partial charge < -0.3 is 4.74 Å². The smallest absolute Gasteiger partial charge is 0.201 e. The van der Waals surface area contributed by atoms with Crippen LogP contribution in [0.4, 0.5) is 0 Å². The lowest BCUT2D eigenvalue weighted by molar-refractivity contribution is 0.0789. The number of nitrogens with one attached hydrogen (secondary N) is 1. The van der Waals surface area contributed by atoms with E-state index >= 15 is 0 Å². The number of benzene rings is 1. The molecule has 1 aromatic carbocycles. The van der Waals surface area contributed by atoms with E-state index in [0.29, 0.717) is 12.0 Å². The molecule has 2 aliphatic rings. The Bertz CT molecular complexity index is 660. The Morgan fingerprint density at radius 2 is 1.96 bits per heavy atom. The first-order valence-electron chi connectivity index (χ1n) is 8.57. The molecule has 2 aromatic rings. The highest BCUT2D eigenvalue weighted by Gasteiger charge is 2.34. The quantitative estimate of drug-likeness (QED) is 0.942. The van der Waals surface area contributed by atoms with Crippen molar-refractivity contribution in [3.8, 4) is 0 Å². The number of H-pyrrole nitrogens is 1. The third kappa shape index (κ3) is 2.93. The van der Waals surface area contributed by atoms with Gasteiger partial charge in [0.05, 0.1) is 6.10 Å². The lowest BCUT2D eigenvalue weighted by atomic mass is 9.84. The molecule has 1 N–H and O–H groups in total. The maximum Gasteiger partial charge on any atom is 0.201 e. The minimum Gasteiger partial charge on any atom is -0.378 e. The van der Waals surface area contributed by atoms with Crippen LogP contribution in [-0.4, -0.2) is 33.3 Å². The Balaban J connectivity index is 1.84. The molecule has 1 aromatic heterocycles. The summed E-state index contributed by atoms with van der Waals surface area (Å²) in [4.78, 5) is 0. The summed E-state index contributed by atoms with van der Waals surface area (Å²) in [5, 5.41) is 15.1. The predicted molar refractivity (Wildman–Crippen MR) is 88.4 cm³/mol. The summed E-state index contributed by atoms with van der Waals surface area (Å²) in [6.07, 6.45) is 7.22. The molecule has 1 aliphatic heterocycles. The summed E-state index contributed by atoms with van der Waals surface area (Å²) in [7, 11) is 0. The molecule has 0 bridgehead atoms. The molecule has 5 heteroatoms. The average molecular weight is 310 g/mol. The van der Waals surface area contributed by atoms with Crippen molar-refractivity contribution in [2.75, 3.05) is 6.61 Å². The Hall–Kier alpha value is -2.01. The first-order chi connectivity index (χ1) is 11.4. The normalized spacial score (nSPS) is 25.6. The molecule has 0 radical (unpaired) electrons. The van der Waals surface area contributed by atoms with E-state index in [0.717, 1.165) is 38.1 Å². The van der Waals surface area contributed by atoms with E-state index in [1.807, 2.05) is 0 Å². The van der Waals surface area contributed by atoms with E-state index in [1.165, 1.54) is 29.6 Å². The summed E-state index contributed by atoms with van der Waals surface area (Å²) in [6.45, 7) is 0.876. The topological polar surface area (TPSA) is 63.7 Å². The molecule has 23 heavy (non-hydrogen) atoms. The van der Waals surface area contributed by atoms with Crippen LogP contribution in [0, 0.1) is 5.92 Å². The minimum absolute atomic E-state index is 0.292. The van der Waals surface area contributed by atoms with Crippen molar-refractivity contribution in [3.05, 3.63) is 41.7 Å². The fourth-order valence-electron chi connectivity index (χ4n) is 3.98. The molecule has 2 heterocycles. The van der Waals surface area contributed by atoms with Gasteiger partial charge >= 0.3 is 0 Å². The third-order valence-electron chi connectivity index (χ3n) is 5.01. The van der Waals surface area contributed by atoms with E-state index in [9.17, 15) is 0 Å². The lowest BCUT2D eigenvalue weighted by Crippen LogP contribution is -2.22. The second-order valence-corrected chi connectivity index (χ2v) is 6.40. The number of aromatic amines is 1. The number of nitrogens with zero attached hydrogens (tertiary/aromatic N) is 3. The van der Waals surface area contributed by atoms with E-state index in [-0.39, 0.29) is 0 Å². The van der Waals surface area contributed by atoms with E-state index < -0.39 is 0 Å². The summed E-state index contributed by atoms with van der Waals surface area (Å²) >= 11 is 0. The van der Waals surface area contributed by atoms with Crippen LogP contribution in [0.5, 0.6) is 0 Å². The van der Waals surface area contributed by atoms with E-state index in [4.69, 9.17) is 4.74 Å². The van der Waals surface area contributed by atoms with E-state index in [2.05, 4.69) is 51.0 Å². The standard InChI is InChI=1S/C18H22N4O/c1-2-7-13(8-3-1)14-9-4-5-10-15(16-11-6-12-23-16)17(14)18-19-21-22-20-18/h1-3,7-8,15-16H,4-6,9-12H2,(H,19,20,21,22). The third-order valence-corrected chi connectivity index (χ3v) is 5.01. The van der Waals surface area contributed by atoms with Gasteiger partial charge in [0, 0.05) is 18.1 Å². The van der Waals surface area contributed by atoms with E-state index in [1.54, 1.807) is 0 Å². The van der Waals surface area contributed by atoms with Crippen LogP contribution in [0.3, 0.4) is 0 Å². The fraction of sp³-hybridized carbons (Fsp3) is 0.500. The van der Waals surface area contributed by atoms with Crippen LogP contribution in [0.2, 0.25) is 0 Å². The first kappa shape index (κ1) is 14.6. The number of allylic oxidation sites excluding steroid dienone is 1. The van der Waals surface area contributed by atoms with Crippen LogP contribution >= 0.6 is 0 Å². The lowest BCUT2D eigenvalue weighted by Gasteiger charge is -2.25. The van der Waals surface area contributed by atoms with Gasteiger partial charge in [-0.25, -0.2) is 0 Å². The van der Waals surface area contributed by atoms with Gasteiger partial charge in [-0.3, -0.25) is 0 Å². The highest BCUT2D eigenvalue weighted by Crippen LogP contribution is 2.43. The van der Waals surface area contributed by atoms with Crippen molar-refractivity contribution in [3.63, 3.8) is 0 Å². The molecular formula is C18H22N4O. The van der Waals surface area contributed by atoms with Crippen molar-refractivity contribution < 1.29 is 4.74 Å². The fourth-order valence-corrected chi connectivity index (χ4v) is 3.98. The molecule has 5 nitrogen and oxygen atoms in total. The van der Waals surface area contributed by atoms with Crippen LogP contribution in [0.15, 0.2) is 30.3 Å². The molecule has 0 saturated carbocycles. The highest BCUT2D eigenvalue weighted by molar-refractivity contribution is 5.90. The Morgan fingerprint density at radius 3 is 2.70 bits per heavy atom. The molecule has 120 valence electrons. The van der Waals surface area contributed by atoms with Crippen molar-refractivity contribution >= 4 is 11.1 Å². The number of tetrazole rings is 1. The Labute approximate surface area is 136 Å². The van der Waals surface area contributed by atoms with Crippen molar-refractivity contribution in [1.29, 1.82) is 0 Å². The number of aromatic nitrogens is 4. The number of ether oxygens (including phenoxy) is 1. The number of hydrogen-bond donors (Lipinski definition) is 1. The van der Waals surface area contributed by atoms with Gasteiger partial charge in [0.2, 0.25) is 5.82 Å². The molecule has 1 fully saturated rings. The maximum atomic E-state index is 6.04. The monoisotopic (exact) mass is 310 g/mol. The SMILES string of the molecule is c1ccc(C2=C(c3nn[nH]n3)C(C3CCCO3)CCCC2)cc1. The van der Waals surface area contributed by atoms with Gasteiger partial charge in [0.25, 0.3) is 0 Å². The van der Waals surface area contributed by atoms with Crippen molar-refractivity contribution in [2.45, 2.75) is 44.6 Å². The van der Waals surface area contributed by atoms with Crippen LogP contribution in [0.25, 0.3) is 11.1 Å². The van der Waals surface area contributed by atoms with Gasteiger partial charge in [-0.15, -0.1) is 10.2 Å². The average Bonchev–Trinajstić information content (AvgIpc) is 3.27. The summed E-state index contributed by atoms with van der Waals surface area (Å²) in [6, 6.07) is 10.6. The zero-order valence-electron chi connectivity index (χ0n) is 13.2. The Kier molecular flexibility index (Phi) is 4.20. The van der Waals surface area contributed by atoms with Gasteiger partial charge in [-0.2, -0.15) is 5.21 Å². The maximum absolute atomic E-state index is 6.04. The molecule has 0 amide bonds. The first-order valence-corrected chi connectivity index (χ1v) is 8.57. The highest BCUT2D eigenvalue weighted by atomic mass is 16.5. The predicted octanol–water partition coefficient (Wildman–Crippen LogP) is 3.48. The molecule has 4 rings (SSSR count). The molecular weight excluding hydrogens is 288 g/mol. The van der Waals surface area contributed by atoms with Crippen LogP contribution < -0.4 is 0 Å². The zero-order chi connectivity index (χ0) is 15.5. The van der Waals surface area contributed by atoms with Gasteiger partial charge in [-0.05, 0) is 48.5 Å². The van der Waals surface area contributed by atoms with Gasteiger partial charge in [0.1, 0.15) is 0 Å². The largest absolute Gasteiger partial charge is 0.378 e. The van der Waals surface area contributed by atoms with Gasteiger partial charge in [0.15, 0.2) is 0 Å². The second-order valence-electron chi connectivity index (χ2n) is 6.40. The summed E-state index contributed by atoms with van der Waals surface area (Å²) in [5.41, 5.74) is 3.89. The summed E-state index contributed by atoms with van der Waals surface area (Å²) < 4.78 is 6.04. The zero-order valence-corrected chi connectivity index (χ0v) is 13.2. The molecule has 1 aliphatic carbocycles. The van der Waals surface area contributed by atoms with Crippen LogP contribution in [0.1, 0.15) is 49.9 Å². The summed E-state index contributed by atoms with van der Waals surface area (Å²) in [5.74, 6) is 1.11. The molecule has 1 saturated heterocycles. The van der Waals surface area contributed by atoms with Crippen molar-refractivity contribution in [1.82, 2.24) is 20.6 Å². The van der Waals surface area contributed by atoms with Crippen molar-refractivity contribution in [2.24, 2.45) is 5.92 Å². The Morgan fingerprint density at radius 1 is 1.04 bits per heavy atom. The molecule has 0 spiro atoms. The molecule has 2 atom stereocenters.